The molecule has 0 bridgehead atoms. The van der Waals surface area contributed by atoms with Crippen molar-refractivity contribution in [2.45, 2.75) is 12.5 Å². The van der Waals surface area contributed by atoms with Crippen molar-refractivity contribution in [2.24, 2.45) is 0 Å². The van der Waals surface area contributed by atoms with Crippen molar-refractivity contribution in [1.29, 1.82) is 0 Å². The van der Waals surface area contributed by atoms with Crippen molar-refractivity contribution in [3.05, 3.63) is 35.9 Å². The van der Waals surface area contributed by atoms with E-state index in [1.807, 2.05) is 0 Å². The van der Waals surface area contributed by atoms with Crippen LogP contribution in [0.1, 0.15) is 18.1 Å². The summed E-state index contributed by atoms with van der Waals surface area (Å²) >= 11 is 0. The topological polar surface area (TPSA) is 83.8 Å². The van der Waals surface area contributed by atoms with E-state index >= 15 is 0 Å². The molecule has 2 unspecified atom stereocenters. The number of hydrogen-bond donors (Lipinski definition) is 2. The van der Waals surface area contributed by atoms with Crippen molar-refractivity contribution in [1.82, 2.24) is 0 Å². The summed E-state index contributed by atoms with van der Waals surface area (Å²) in [6.07, 6.45) is -1.35. The lowest BCUT2D eigenvalue weighted by molar-refractivity contribution is -0.136. The molecule has 0 aliphatic carbocycles. The summed E-state index contributed by atoms with van der Waals surface area (Å²) in [5.74, 6) is -0.891. The Balaban J connectivity index is 2.53. The first-order chi connectivity index (χ1) is 7.09. The van der Waals surface area contributed by atoms with Crippen LogP contribution in [-0.2, 0) is 13.9 Å². The van der Waals surface area contributed by atoms with Crippen LogP contribution in [0.15, 0.2) is 30.3 Å². The highest BCUT2D eigenvalue weighted by atomic mass is 31.1. The van der Waals surface area contributed by atoms with Crippen LogP contribution in [0.5, 0.6) is 0 Å². The average Bonchev–Trinajstić information content (AvgIpc) is 2.17. The maximum absolute atomic E-state index is 10.9. The van der Waals surface area contributed by atoms with Crippen molar-refractivity contribution >= 4 is 14.2 Å². The molecule has 0 radical (unpaired) electrons. The van der Waals surface area contributed by atoms with Gasteiger partial charge in [0, 0.05) is 0 Å². The first-order valence-corrected chi connectivity index (χ1v) is 5.52. The molecule has 5 nitrogen and oxygen atoms in total. The SMILES string of the molecule is O=C(CC(O)c1ccccc1)O[PH](=O)O. The van der Waals surface area contributed by atoms with E-state index < -0.39 is 20.3 Å². The molecule has 6 heteroatoms. The Morgan fingerprint density at radius 1 is 1.40 bits per heavy atom. The normalized spacial score (nSPS) is 14.3. The van der Waals surface area contributed by atoms with Crippen LogP contribution in [0, 0.1) is 0 Å². The number of rotatable bonds is 4. The largest absolute Gasteiger partial charge is 0.394 e. The highest BCUT2D eigenvalue weighted by molar-refractivity contribution is 7.32. The smallest absolute Gasteiger partial charge is 0.367 e. The third-order valence-corrected chi connectivity index (χ3v) is 2.15. The Morgan fingerprint density at radius 2 is 2.00 bits per heavy atom. The number of aliphatic hydroxyl groups is 1. The predicted octanol–water partition coefficient (Wildman–Crippen LogP) is 1.04. The minimum Gasteiger partial charge on any atom is -0.394 e. The molecular weight excluding hydrogens is 219 g/mol. The minimum absolute atomic E-state index is 0.332. The van der Waals surface area contributed by atoms with E-state index in [9.17, 15) is 14.5 Å². The van der Waals surface area contributed by atoms with Gasteiger partial charge in [0.05, 0.1) is 12.5 Å². The zero-order valence-corrected chi connectivity index (χ0v) is 8.79. The van der Waals surface area contributed by atoms with Crippen molar-refractivity contribution in [2.75, 3.05) is 0 Å². The van der Waals surface area contributed by atoms with Gasteiger partial charge in [0.25, 0.3) is 0 Å². The summed E-state index contributed by atoms with van der Waals surface area (Å²) in [7, 11) is -3.27. The molecule has 2 N–H and O–H groups in total. The van der Waals surface area contributed by atoms with Crippen LogP contribution >= 0.6 is 8.25 Å². The van der Waals surface area contributed by atoms with E-state index in [0.717, 1.165) is 0 Å². The second-order valence-electron chi connectivity index (χ2n) is 2.87. The molecule has 15 heavy (non-hydrogen) atoms. The highest BCUT2D eigenvalue weighted by Crippen LogP contribution is 2.21. The second kappa shape index (κ2) is 5.66. The molecule has 0 heterocycles. The molecular formula is C9H11O5P. The van der Waals surface area contributed by atoms with E-state index in [1.165, 1.54) is 0 Å². The van der Waals surface area contributed by atoms with Crippen molar-refractivity contribution in [3.8, 4) is 0 Å². The standard InChI is InChI=1S/C9H11O5P/c10-8(6-9(11)14-15(12)13)7-4-2-1-3-5-7/h1-5,8,10,15H,6H2,(H,12,13). The molecule has 0 aliphatic heterocycles. The fourth-order valence-corrected chi connectivity index (χ4v) is 1.37. The second-order valence-corrected chi connectivity index (χ2v) is 3.61. The quantitative estimate of drug-likeness (QED) is 0.755. The molecule has 0 saturated carbocycles. The third kappa shape index (κ3) is 4.25. The lowest BCUT2D eigenvalue weighted by atomic mass is 10.1. The predicted molar refractivity (Wildman–Crippen MR) is 53.3 cm³/mol. The average molecular weight is 230 g/mol. The van der Waals surface area contributed by atoms with Gasteiger partial charge in [-0.2, -0.15) is 0 Å². The van der Waals surface area contributed by atoms with Gasteiger partial charge < -0.3 is 14.5 Å². The molecule has 1 rings (SSSR count). The van der Waals surface area contributed by atoms with E-state index in [-0.39, 0.29) is 6.42 Å². The summed E-state index contributed by atoms with van der Waals surface area (Å²) in [6, 6.07) is 8.53. The van der Waals surface area contributed by atoms with Crippen molar-refractivity contribution in [3.63, 3.8) is 0 Å². The third-order valence-electron chi connectivity index (χ3n) is 1.75. The number of carbonyl (C=O) groups excluding carboxylic acids is 1. The summed E-state index contributed by atoms with van der Waals surface area (Å²) < 4.78 is 14.2. The Labute approximate surface area is 87.3 Å². The van der Waals surface area contributed by atoms with Gasteiger partial charge in [0.2, 0.25) is 0 Å². The number of carbonyl (C=O) groups is 1. The van der Waals surface area contributed by atoms with Gasteiger partial charge in [0.15, 0.2) is 0 Å². The molecule has 1 aromatic carbocycles. The summed E-state index contributed by atoms with van der Waals surface area (Å²) in [4.78, 5) is 19.2. The summed E-state index contributed by atoms with van der Waals surface area (Å²) in [6.45, 7) is 0. The Hall–Kier alpha value is -1.16. The van der Waals surface area contributed by atoms with Gasteiger partial charge in [-0.15, -0.1) is 0 Å². The molecule has 0 spiro atoms. The van der Waals surface area contributed by atoms with Gasteiger partial charge in [0.1, 0.15) is 0 Å². The van der Waals surface area contributed by atoms with Gasteiger partial charge in [-0.25, -0.2) is 4.57 Å². The molecule has 0 aromatic heterocycles. The molecule has 0 aliphatic rings. The molecule has 0 amide bonds. The first kappa shape index (κ1) is 11.9. The van der Waals surface area contributed by atoms with Gasteiger partial charge in [-0.05, 0) is 5.56 Å². The molecule has 0 saturated heterocycles. The minimum atomic E-state index is -3.27. The van der Waals surface area contributed by atoms with Crippen LogP contribution in [0.2, 0.25) is 0 Å². The number of benzene rings is 1. The molecule has 1 aromatic rings. The monoisotopic (exact) mass is 230 g/mol. The van der Waals surface area contributed by atoms with Crippen LogP contribution in [0.4, 0.5) is 0 Å². The lowest BCUT2D eigenvalue weighted by Crippen LogP contribution is -2.07. The van der Waals surface area contributed by atoms with E-state index in [0.29, 0.717) is 5.56 Å². The molecule has 82 valence electrons. The number of hydrogen-bond acceptors (Lipinski definition) is 4. The van der Waals surface area contributed by atoms with Crippen LogP contribution < -0.4 is 0 Å². The fraction of sp³-hybridized carbons (Fsp3) is 0.222. The van der Waals surface area contributed by atoms with Crippen LogP contribution in [0.3, 0.4) is 0 Å². The fourth-order valence-electron chi connectivity index (χ4n) is 1.09. The Kier molecular flexibility index (Phi) is 4.49. The summed E-state index contributed by atoms with van der Waals surface area (Å²) in [5, 5.41) is 9.53. The first-order valence-electron chi connectivity index (χ1n) is 4.26. The van der Waals surface area contributed by atoms with Crippen molar-refractivity contribution < 1.29 is 23.9 Å². The van der Waals surface area contributed by atoms with Gasteiger partial charge >= 0.3 is 14.2 Å². The van der Waals surface area contributed by atoms with Gasteiger partial charge in [-0.1, -0.05) is 30.3 Å². The van der Waals surface area contributed by atoms with Crippen LogP contribution in [-0.4, -0.2) is 16.0 Å². The van der Waals surface area contributed by atoms with Gasteiger partial charge in [-0.3, -0.25) is 4.79 Å². The zero-order chi connectivity index (χ0) is 11.3. The Morgan fingerprint density at radius 3 is 2.53 bits per heavy atom. The molecule has 0 fully saturated rings. The summed E-state index contributed by atoms with van der Waals surface area (Å²) in [5.41, 5.74) is 0.562. The zero-order valence-electron chi connectivity index (χ0n) is 7.79. The number of aliphatic hydroxyl groups excluding tert-OH is 1. The van der Waals surface area contributed by atoms with E-state index in [1.54, 1.807) is 30.3 Å². The Bertz CT molecular complexity index is 351. The highest BCUT2D eigenvalue weighted by Gasteiger charge is 2.14. The van der Waals surface area contributed by atoms with E-state index in [4.69, 9.17) is 4.89 Å². The maximum atomic E-state index is 10.9. The molecule has 2 atom stereocenters. The lowest BCUT2D eigenvalue weighted by Gasteiger charge is -2.08. The maximum Gasteiger partial charge on any atom is 0.367 e. The van der Waals surface area contributed by atoms with Crippen LogP contribution in [0.25, 0.3) is 0 Å². The van der Waals surface area contributed by atoms with E-state index in [2.05, 4.69) is 4.52 Å².